The Labute approximate surface area is 154 Å². The molecule has 0 bridgehead atoms. The second-order valence-corrected chi connectivity index (χ2v) is 7.59. The highest BCUT2D eigenvalue weighted by atomic mass is 32.2. The maximum atomic E-state index is 12.4. The molecule has 2 aromatic rings. The van der Waals surface area contributed by atoms with E-state index >= 15 is 0 Å². The zero-order valence-corrected chi connectivity index (χ0v) is 15.9. The van der Waals surface area contributed by atoms with Crippen molar-refractivity contribution in [2.75, 3.05) is 20.2 Å². The average molecular weight is 377 g/mol. The zero-order valence-electron chi connectivity index (χ0n) is 15.1. The summed E-state index contributed by atoms with van der Waals surface area (Å²) in [5.41, 5.74) is 1.67. The number of benzene rings is 1. The molecule has 0 radical (unpaired) electrons. The summed E-state index contributed by atoms with van der Waals surface area (Å²) in [6, 6.07) is 8.31. The van der Waals surface area contributed by atoms with Crippen molar-refractivity contribution in [3.63, 3.8) is 0 Å². The van der Waals surface area contributed by atoms with Crippen molar-refractivity contribution < 1.29 is 17.9 Å². The Hall–Kier alpha value is -2.45. The normalized spacial score (nSPS) is 11.2. The number of nitrogens with one attached hydrogen (secondary N) is 1. The summed E-state index contributed by atoms with van der Waals surface area (Å²) < 4.78 is 32.5. The first-order chi connectivity index (χ1) is 12.3. The maximum Gasteiger partial charge on any atom is 0.240 e. The molecular formula is C18H23N3O4S. The van der Waals surface area contributed by atoms with E-state index in [-0.39, 0.29) is 23.9 Å². The van der Waals surface area contributed by atoms with E-state index < -0.39 is 10.0 Å². The Morgan fingerprint density at radius 1 is 1.23 bits per heavy atom. The number of sulfonamides is 1. The van der Waals surface area contributed by atoms with Gasteiger partial charge in [-0.2, -0.15) is 0 Å². The van der Waals surface area contributed by atoms with Crippen molar-refractivity contribution in [2.45, 2.75) is 25.3 Å². The Morgan fingerprint density at radius 3 is 2.50 bits per heavy atom. The number of methoxy groups -OCH3 is 1. The van der Waals surface area contributed by atoms with Crippen LogP contribution in [0.1, 0.15) is 18.1 Å². The Kier molecular flexibility index (Phi) is 6.70. The van der Waals surface area contributed by atoms with Gasteiger partial charge in [0.25, 0.3) is 0 Å². The van der Waals surface area contributed by atoms with Crippen LogP contribution >= 0.6 is 0 Å². The third-order valence-corrected chi connectivity index (χ3v) is 5.38. The van der Waals surface area contributed by atoms with Crippen molar-refractivity contribution in [1.29, 1.82) is 0 Å². The van der Waals surface area contributed by atoms with E-state index in [1.165, 1.54) is 20.1 Å². The summed E-state index contributed by atoms with van der Waals surface area (Å²) in [5, 5.41) is 0. The molecule has 140 valence electrons. The SMILES string of the molecule is COc1ccc(S(=O)(=O)NCCN(Cc2ccncc2)C(C)=O)cc1C. The monoisotopic (exact) mass is 377 g/mol. The highest BCUT2D eigenvalue weighted by Crippen LogP contribution is 2.21. The molecule has 1 aromatic carbocycles. The highest BCUT2D eigenvalue weighted by molar-refractivity contribution is 7.89. The first kappa shape index (κ1) is 19.9. The van der Waals surface area contributed by atoms with Crippen LogP contribution in [-0.4, -0.2) is 44.4 Å². The number of hydrogen-bond donors (Lipinski definition) is 1. The topological polar surface area (TPSA) is 88.6 Å². The molecule has 0 atom stereocenters. The molecule has 2 rings (SSSR count). The smallest absolute Gasteiger partial charge is 0.240 e. The number of rotatable bonds is 8. The number of ether oxygens (including phenoxy) is 1. The van der Waals surface area contributed by atoms with Gasteiger partial charge in [-0.05, 0) is 48.4 Å². The highest BCUT2D eigenvalue weighted by Gasteiger charge is 2.16. The van der Waals surface area contributed by atoms with Gasteiger partial charge in [0.05, 0.1) is 12.0 Å². The fraction of sp³-hybridized carbons (Fsp3) is 0.333. The van der Waals surface area contributed by atoms with Crippen LogP contribution in [0.25, 0.3) is 0 Å². The Bertz CT molecular complexity index is 854. The number of amides is 1. The lowest BCUT2D eigenvalue weighted by Crippen LogP contribution is -2.37. The van der Waals surface area contributed by atoms with Crippen molar-refractivity contribution in [1.82, 2.24) is 14.6 Å². The van der Waals surface area contributed by atoms with Gasteiger partial charge in [0.1, 0.15) is 5.75 Å². The number of hydrogen-bond acceptors (Lipinski definition) is 5. The summed E-state index contributed by atoms with van der Waals surface area (Å²) in [5.74, 6) is 0.505. The number of nitrogens with zero attached hydrogens (tertiary/aromatic N) is 2. The van der Waals surface area contributed by atoms with E-state index in [9.17, 15) is 13.2 Å². The third kappa shape index (κ3) is 5.27. The second kappa shape index (κ2) is 8.77. The third-order valence-electron chi connectivity index (χ3n) is 3.92. The number of aryl methyl sites for hydroxylation is 1. The van der Waals surface area contributed by atoms with Crippen LogP contribution in [0.2, 0.25) is 0 Å². The molecular weight excluding hydrogens is 354 g/mol. The lowest BCUT2D eigenvalue weighted by atomic mass is 10.2. The van der Waals surface area contributed by atoms with Gasteiger partial charge >= 0.3 is 0 Å². The molecule has 1 heterocycles. The van der Waals surface area contributed by atoms with Gasteiger partial charge < -0.3 is 9.64 Å². The number of carbonyl (C=O) groups excluding carboxylic acids is 1. The molecule has 0 saturated heterocycles. The first-order valence-corrected chi connectivity index (χ1v) is 9.60. The van der Waals surface area contributed by atoms with Crippen molar-refractivity contribution in [3.05, 3.63) is 53.9 Å². The van der Waals surface area contributed by atoms with Gasteiger partial charge in [-0.3, -0.25) is 9.78 Å². The molecule has 26 heavy (non-hydrogen) atoms. The van der Waals surface area contributed by atoms with E-state index in [0.29, 0.717) is 12.3 Å². The molecule has 1 amide bonds. The number of carbonyl (C=O) groups is 1. The predicted octanol–water partition coefficient (Wildman–Crippen LogP) is 1.73. The van der Waals surface area contributed by atoms with E-state index in [2.05, 4.69) is 9.71 Å². The minimum absolute atomic E-state index is 0.123. The molecule has 0 saturated carbocycles. The van der Waals surface area contributed by atoms with Crippen LogP contribution in [0.15, 0.2) is 47.6 Å². The largest absolute Gasteiger partial charge is 0.496 e. The van der Waals surface area contributed by atoms with Crippen molar-refractivity contribution in [3.8, 4) is 5.75 Å². The van der Waals surface area contributed by atoms with Gasteiger partial charge in [0.15, 0.2) is 0 Å². The van der Waals surface area contributed by atoms with Crippen LogP contribution in [0.4, 0.5) is 0 Å². The number of pyridine rings is 1. The molecule has 0 aliphatic rings. The number of aromatic nitrogens is 1. The maximum absolute atomic E-state index is 12.4. The quantitative estimate of drug-likeness (QED) is 0.757. The minimum Gasteiger partial charge on any atom is -0.496 e. The zero-order chi connectivity index (χ0) is 19.2. The molecule has 0 spiro atoms. The molecule has 1 N–H and O–H groups in total. The predicted molar refractivity (Wildman–Crippen MR) is 98.2 cm³/mol. The summed E-state index contributed by atoms with van der Waals surface area (Å²) in [4.78, 5) is 17.5. The molecule has 0 aliphatic carbocycles. The molecule has 8 heteroatoms. The van der Waals surface area contributed by atoms with Gasteiger partial charge in [-0.25, -0.2) is 13.1 Å². The minimum atomic E-state index is -3.66. The van der Waals surface area contributed by atoms with E-state index in [1.54, 1.807) is 36.4 Å². The van der Waals surface area contributed by atoms with Gasteiger partial charge in [0, 0.05) is 39.0 Å². The lowest BCUT2D eigenvalue weighted by molar-refractivity contribution is -0.129. The second-order valence-electron chi connectivity index (χ2n) is 5.83. The Balaban J connectivity index is 1.99. The summed E-state index contributed by atoms with van der Waals surface area (Å²) in [6.45, 7) is 4.04. The average Bonchev–Trinajstić information content (AvgIpc) is 2.61. The fourth-order valence-corrected chi connectivity index (χ4v) is 3.58. The van der Waals surface area contributed by atoms with Gasteiger partial charge in [-0.15, -0.1) is 0 Å². The van der Waals surface area contributed by atoms with E-state index in [4.69, 9.17) is 4.74 Å². The molecule has 0 unspecified atom stereocenters. The molecule has 0 fully saturated rings. The van der Waals surface area contributed by atoms with Gasteiger partial charge in [0.2, 0.25) is 15.9 Å². The lowest BCUT2D eigenvalue weighted by Gasteiger charge is -2.21. The Morgan fingerprint density at radius 2 is 1.92 bits per heavy atom. The summed E-state index contributed by atoms with van der Waals surface area (Å²) in [6.07, 6.45) is 3.31. The van der Waals surface area contributed by atoms with Crippen molar-refractivity contribution >= 4 is 15.9 Å². The molecule has 1 aromatic heterocycles. The first-order valence-electron chi connectivity index (χ1n) is 8.12. The summed E-state index contributed by atoms with van der Waals surface area (Å²) in [7, 11) is -2.12. The van der Waals surface area contributed by atoms with Crippen LogP contribution in [0, 0.1) is 6.92 Å². The van der Waals surface area contributed by atoms with E-state index in [1.807, 2.05) is 12.1 Å². The standard InChI is InChI=1S/C18H23N3O4S/c1-14-12-17(4-5-18(14)25-3)26(23,24)20-10-11-21(15(2)22)13-16-6-8-19-9-7-16/h4-9,12,20H,10-11,13H2,1-3H3. The van der Waals surface area contributed by atoms with Crippen LogP contribution in [0.3, 0.4) is 0 Å². The van der Waals surface area contributed by atoms with Gasteiger partial charge in [-0.1, -0.05) is 0 Å². The summed E-state index contributed by atoms with van der Waals surface area (Å²) >= 11 is 0. The fourth-order valence-electron chi connectivity index (χ4n) is 2.47. The van der Waals surface area contributed by atoms with Crippen LogP contribution in [0.5, 0.6) is 5.75 Å². The molecule has 7 nitrogen and oxygen atoms in total. The van der Waals surface area contributed by atoms with Crippen LogP contribution < -0.4 is 9.46 Å². The van der Waals surface area contributed by atoms with Crippen LogP contribution in [-0.2, 0) is 21.4 Å². The van der Waals surface area contributed by atoms with E-state index in [0.717, 1.165) is 11.1 Å². The van der Waals surface area contributed by atoms with Crippen molar-refractivity contribution in [2.24, 2.45) is 0 Å². The molecule has 0 aliphatic heterocycles.